The number of benzene rings is 2. The van der Waals surface area contributed by atoms with Crippen molar-refractivity contribution in [2.45, 2.75) is 0 Å². The fourth-order valence-corrected chi connectivity index (χ4v) is 2.51. The van der Waals surface area contributed by atoms with Crippen molar-refractivity contribution in [2.24, 2.45) is 9.98 Å². The molecule has 0 aliphatic carbocycles. The van der Waals surface area contributed by atoms with Gasteiger partial charge in [-0.2, -0.15) is 0 Å². The molecule has 0 unspecified atom stereocenters. The summed E-state index contributed by atoms with van der Waals surface area (Å²) in [5.41, 5.74) is 1.74. The maximum absolute atomic E-state index is 5.85. The van der Waals surface area contributed by atoms with Gasteiger partial charge in [0, 0.05) is 23.6 Å². The van der Waals surface area contributed by atoms with Crippen molar-refractivity contribution in [1.82, 2.24) is 0 Å². The molecule has 29 heavy (non-hydrogen) atoms. The van der Waals surface area contributed by atoms with E-state index in [2.05, 4.69) is 51.0 Å². The molecule has 0 atom stereocenters. The molecule has 2 aromatic carbocycles. The summed E-state index contributed by atoms with van der Waals surface area (Å²) in [5, 5.41) is 0. The Morgan fingerprint density at radius 1 is 0.793 bits per heavy atom. The second-order valence-corrected chi connectivity index (χ2v) is 14.0. The Bertz CT molecular complexity index is 767. The van der Waals surface area contributed by atoms with E-state index in [0.29, 0.717) is 26.3 Å². The zero-order chi connectivity index (χ0) is 20.9. The Morgan fingerprint density at radius 2 is 1.21 bits per heavy atom. The molecule has 0 N–H and O–H groups in total. The molecule has 9 heteroatoms. The average Bonchev–Trinajstić information content (AvgIpc) is 2.74. The zero-order valence-corrected chi connectivity index (χ0v) is 21.3. The average molecular weight is 667 g/mol. The van der Waals surface area contributed by atoms with Crippen molar-refractivity contribution in [3.8, 4) is 23.0 Å². The van der Waals surface area contributed by atoms with E-state index in [4.69, 9.17) is 18.9 Å². The molecule has 3 rings (SSSR count). The molecular weight excluding hydrogens is 645 g/mol. The van der Waals surface area contributed by atoms with Crippen LogP contribution in [0.1, 0.15) is 11.1 Å². The van der Waals surface area contributed by atoms with Crippen LogP contribution >= 0.6 is 41.0 Å². The first-order valence-electron chi connectivity index (χ1n) is 8.65. The van der Waals surface area contributed by atoms with Crippen LogP contribution in [-0.2, 0) is 8.07 Å². The summed E-state index contributed by atoms with van der Waals surface area (Å²) < 4.78 is 22.2. The molecule has 0 aromatic heterocycles. The van der Waals surface area contributed by atoms with Gasteiger partial charge in [0.15, 0.2) is 0 Å². The molecule has 0 amide bonds. The molecule has 2 aromatic rings. The summed E-state index contributed by atoms with van der Waals surface area (Å²) in [7, 11) is 4.84. The van der Waals surface area contributed by atoms with E-state index >= 15 is 0 Å². The molecule has 0 fully saturated rings. The topological polar surface area (TPSA) is 61.6 Å². The molecule has 6 nitrogen and oxygen atoms in total. The predicted molar refractivity (Wildman–Crippen MR) is 130 cm³/mol. The first-order chi connectivity index (χ1) is 14.2. The van der Waals surface area contributed by atoms with E-state index < -0.39 is 0 Å². The van der Waals surface area contributed by atoms with Crippen LogP contribution in [0.2, 0.25) is 0 Å². The third-order valence-corrected chi connectivity index (χ3v) is 3.85. The Hall–Kier alpha value is -1.07. The molecule has 0 saturated heterocycles. The normalized spacial score (nSPS) is 13.5. The van der Waals surface area contributed by atoms with Gasteiger partial charge in [-0.15, -0.1) is 0 Å². The first kappa shape index (κ1) is 24.2. The van der Waals surface area contributed by atoms with Crippen LogP contribution < -0.4 is 18.9 Å². The number of rotatable bonds is 2. The van der Waals surface area contributed by atoms with Gasteiger partial charge < -0.3 is 18.9 Å². The second kappa shape index (κ2) is 14.0. The van der Waals surface area contributed by atoms with Gasteiger partial charge in [0.25, 0.3) is 0 Å². The van der Waals surface area contributed by atoms with E-state index in [1.165, 1.54) is 0 Å². The van der Waals surface area contributed by atoms with Crippen LogP contribution in [0.3, 0.4) is 0 Å². The monoisotopic (exact) mass is 666 g/mol. The predicted octanol–water partition coefficient (Wildman–Crippen LogP) is 4.78. The second-order valence-electron chi connectivity index (χ2n) is 5.62. The van der Waals surface area contributed by atoms with Crippen LogP contribution in [0.5, 0.6) is 23.0 Å². The van der Waals surface area contributed by atoms with Gasteiger partial charge in [0.05, 0.1) is 27.3 Å². The van der Waals surface area contributed by atoms with Gasteiger partial charge in [0.2, 0.25) is 0 Å². The van der Waals surface area contributed by atoms with E-state index in [1.807, 2.05) is 36.4 Å². The van der Waals surface area contributed by atoms with E-state index in [1.54, 1.807) is 34.7 Å². The Morgan fingerprint density at radius 3 is 1.59 bits per heavy atom. The first-order valence-corrected chi connectivity index (χ1v) is 15.0. The van der Waals surface area contributed by atoms with Crippen LogP contribution in [-0.4, -0.2) is 53.0 Å². The number of halogens is 2. The van der Waals surface area contributed by atoms with Gasteiger partial charge in [0.1, 0.15) is 36.2 Å². The SMILES string of the molecule is COc1ccc2c(c1)C=NCCOc1ccc(OC)cc1C=NCCO2.[I][Ni][I]. The fraction of sp³-hybridized carbons (Fsp3) is 0.300. The van der Waals surface area contributed by atoms with Crippen molar-refractivity contribution in [3.63, 3.8) is 0 Å². The number of nitrogens with zero attached hydrogens (tertiary/aromatic N) is 2. The number of ether oxygens (including phenoxy) is 4. The number of fused-ring (bicyclic) bond motifs is 2. The fourth-order valence-electron chi connectivity index (χ4n) is 2.51. The Balaban J connectivity index is 0.000000941. The van der Waals surface area contributed by atoms with E-state index in [9.17, 15) is 0 Å². The van der Waals surface area contributed by atoms with Gasteiger partial charge in [-0.3, -0.25) is 9.98 Å². The Labute approximate surface area is 200 Å². The van der Waals surface area contributed by atoms with E-state index in [-0.39, 0.29) is 0 Å². The molecule has 1 aliphatic heterocycles. The molecule has 1 heterocycles. The summed E-state index contributed by atoms with van der Waals surface area (Å²) in [6.07, 6.45) is 3.57. The molecule has 0 bridgehead atoms. The molecular formula is C20H22I2N2NiO4. The van der Waals surface area contributed by atoms with Crippen LogP contribution in [0.15, 0.2) is 46.4 Å². The van der Waals surface area contributed by atoms with Crippen molar-refractivity contribution >= 4 is 53.4 Å². The zero-order valence-electron chi connectivity index (χ0n) is 16.0. The number of hydrogen-bond donors (Lipinski definition) is 0. The van der Waals surface area contributed by atoms with Crippen molar-refractivity contribution < 1.29 is 27.0 Å². The Kier molecular flexibility index (Phi) is 11.7. The summed E-state index contributed by atoms with van der Waals surface area (Å²) in [6, 6.07) is 11.3. The van der Waals surface area contributed by atoms with Gasteiger partial charge in [-0.25, -0.2) is 0 Å². The summed E-state index contributed by atoms with van der Waals surface area (Å²) in [5.74, 6) is 3.03. The molecule has 0 saturated carbocycles. The minimum atomic E-state index is 0.462. The summed E-state index contributed by atoms with van der Waals surface area (Å²) in [4.78, 5) is 8.88. The number of hydrogen-bond acceptors (Lipinski definition) is 6. The molecule has 0 radical (unpaired) electrons. The third kappa shape index (κ3) is 8.29. The van der Waals surface area contributed by atoms with Crippen molar-refractivity contribution in [1.29, 1.82) is 0 Å². The van der Waals surface area contributed by atoms with Crippen LogP contribution in [0.4, 0.5) is 0 Å². The van der Waals surface area contributed by atoms with Crippen molar-refractivity contribution in [2.75, 3.05) is 40.5 Å². The molecule has 160 valence electrons. The molecule has 0 spiro atoms. The number of methoxy groups -OCH3 is 2. The van der Waals surface area contributed by atoms with Gasteiger partial charge >= 0.3 is 49.0 Å². The standard InChI is InChI=1S/C20H22N2O4.2HI.Ni/c1-23-17-3-5-19-15(11-17)13-21-7-10-26-20-6-4-18(24-2)12-16(20)14-22-8-9-25-19;;;/h3-6,11-14H,7-10H2,1-2H3;2*1H;/q;;;+2/p-2. The quantitative estimate of drug-likeness (QED) is 0.342. The maximum atomic E-state index is 5.85. The molecule has 1 aliphatic rings. The third-order valence-electron chi connectivity index (χ3n) is 3.85. The minimum absolute atomic E-state index is 0.462. The van der Waals surface area contributed by atoms with Crippen LogP contribution in [0.25, 0.3) is 0 Å². The van der Waals surface area contributed by atoms with Crippen LogP contribution in [0, 0.1) is 0 Å². The summed E-state index contributed by atoms with van der Waals surface area (Å²) in [6.45, 7) is 1.98. The van der Waals surface area contributed by atoms with Crippen molar-refractivity contribution in [3.05, 3.63) is 47.5 Å². The van der Waals surface area contributed by atoms with E-state index in [0.717, 1.165) is 34.1 Å². The summed E-state index contributed by atoms with van der Waals surface area (Å²) >= 11 is 4.43. The van der Waals surface area contributed by atoms with Gasteiger partial charge in [-0.1, -0.05) is 0 Å². The number of aliphatic imine (C=N–C) groups is 2. The van der Waals surface area contributed by atoms with Gasteiger partial charge in [-0.05, 0) is 36.4 Å².